The molecule has 2 amide bonds. The van der Waals surface area contributed by atoms with Crippen LogP contribution in [0.15, 0.2) is 0 Å². The zero-order valence-electron chi connectivity index (χ0n) is 8.67. The summed E-state index contributed by atoms with van der Waals surface area (Å²) < 4.78 is 26.4. The van der Waals surface area contributed by atoms with Gasteiger partial charge in [0.25, 0.3) is 5.92 Å². The SMILES string of the molecule is CC(C)CN1C(=O)C2CC(C1=O)C2(F)F. The molecule has 0 spiro atoms. The number of hydrogen-bond donors (Lipinski definition) is 0. The number of hydrogen-bond acceptors (Lipinski definition) is 2. The lowest BCUT2D eigenvalue weighted by Crippen LogP contribution is -2.68. The number of halogens is 2. The van der Waals surface area contributed by atoms with E-state index in [4.69, 9.17) is 0 Å². The van der Waals surface area contributed by atoms with Crippen LogP contribution in [0.25, 0.3) is 0 Å². The molecule has 0 aromatic heterocycles. The molecule has 2 aliphatic heterocycles. The number of alkyl halides is 2. The van der Waals surface area contributed by atoms with Crippen molar-refractivity contribution in [1.29, 1.82) is 0 Å². The second-order valence-corrected chi connectivity index (χ2v) is 4.70. The first-order valence-corrected chi connectivity index (χ1v) is 5.08. The fourth-order valence-corrected chi connectivity index (χ4v) is 2.19. The maximum Gasteiger partial charge on any atom is 0.271 e. The Kier molecular flexibility index (Phi) is 2.10. The van der Waals surface area contributed by atoms with Gasteiger partial charge in [-0.05, 0) is 12.3 Å². The van der Waals surface area contributed by atoms with Gasteiger partial charge in [-0.3, -0.25) is 14.5 Å². The first-order chi connectivity index (χ1) is 6.85. The van der Waals surface area contributed by atoms with E-state index >= 15 is 0 Å². The Labute approximate surface area is 86.4 Å². The lowest BCUT2D eigenvalue weighted by molar-refractivity contribution is -0.223. The predicted octanol–water partition coefficient (Wildman–Crippen LogP) is 1.28. The molecule has 2 bridgehead atoms. The van der Waals surface area contributed by atoms with Crippen LogP contribution in [0.4, 0.5) is 8.78 Å². The van der Waals surface area contributed by atoms with Gasteiger partial charge in [0.1, 0.15) is 11.8 Å². The summed E-state index contributed by atoms with van der Waals surface area (Å²) in [6, 6.07) is 0. The lowest BCUT2D eigenvalue weighted by atomic mass is 9.66. The highest BCUT2D eigenvalue weighted by atomic mass is 19.3. The molecule has 0 aromatic rings. The van der Waals surface area contributed by atoms with Crippen molar-refractivity contribution >= 4 is 11.8 Å². The normalized spacial score (nSPS) is 33.3. The molecule has 1 aliphatic carbocycles. The largest absolute Gasteiger partial charge is 0.282 e. The van der Waals surface area contributed by atoms with Gasteiger partial charge in [0.2, 0.25) is 11.8 Å². The maximum absolute atomic E-state index is 13.2. The third kappa shape index (κ3) is 1.28. The zero-order chi connectivity index (χ0) is 11.4. The standard InChI is InChI=1S/C10H13F2NO2/c1-5(2)4-13-8(14)6-3-7(9(13)15)10(6,11)12/h5-7H,3-4H2,1-2H3. The summed E-state index contributed by atoms with van der Waals surface area (Å²) in [7, 11) is 0. The third-order valence-corrected chi connectivity index (χ3v) is 3.08. The first-order valence-electron chi connectivity index (χ1n) is 5.08. The van der Waals surface area contributed by atoms with Crippen molar-refractivity contribution in [2.24, 2.45) is 17.8 Å². The molecule has 5 heteroatoms. The van der Waals surface area contributed by atoms with Gasteiger partial charge in [-0.15, -0.1) is 0 Å². The van der Waals surface area contributed by atoms with E-state index in [1.165, 1.54) is 0 Å². The minimum absolute atomic E-state index is 0.0270. The molecule has 2 atom stereocenters. The molecule has 84 valence electrons. The number of carbonyl (C=O) groups is 2. The quantitative estimate of drug-likeness (QED) is 0.653. The molecule has 15 heavy (non-hydrogen) atoms. The second kappa shape index (κ2) is 3.00. The molecule has 3 aliphatic rings. The number of nitrogens with zero attached hydrogens (tertiary/aromatic N) is 1. The number of piperidine rings is 2. The average Bonchev–Trinajstić information content (AvgIpc) is 2.09. The maximum atomic E-state index is 13.2. The van der Waals surface area contributed by atoms with Crippen LogP contribution in [-0.4, -0.2) is 29.2 Å². The Balaban J connectivity index is 2.20. The fourth-order valence-electron chi connectivity index (χ4n) is 2.19. The van der Waals surface area contributed by atoms with E-state index in [2.05, 4.69) is 0 Å². The van der Waals surface area contributed by atoms with E-state index < -0.39 is 29.6 Å². The molecular weight excluding hydrogens is 204 g/mol. The van der Waals surface area contributed by atoms with Crippen LogP contribution in [0.3, 0.4) is 0 Å². The summed E-state index contributed by atoms with van der Waals surface area (Å²) in [4.78, 5) is 24.1. The van der Waals surface area contributed by atoms with E-state index in [-0.39, 0.29) is 18.9 Å². The molecule has 0 radical (unpaired) electrons. The van der Waals surface area contributed by atoms with E-state index in [0.29, 0.717) is 0 Å². The van der Waals surface area contributed by atoms with Crippen molar-refractivity contribution in [2.75, 3.05) is 6.54 Å². The van der Waals surface area contributed by atoms with E-state index in [1.807, 2.05) is 13.8 Å². The molecule has 3 nitrogen and oxygen atoms in total. The highest BCUT2D eigenvalue weighted by Gasteiger charge is 2.69. The first kappa shape index (κ1) is 10.5. The van der Waals surface area contributed by atoms with E-state index in [9.17, 15) is 18.4 Å². The summed E-state index contributed by atoms with van der Waals surface area (Å²) in [5.74, 6) is -6.87. The minimum Gasteiger partial charge on any atom is -0.282 e. The number of carbonyl (C=O) groups excluding carboxylic acids is 2. The van der Waals surface area contributed by atoms with E-state index in [0.717, 1.165) is 4.90 Å². The summed E-state index contributed by atoms with van der Waals surface area (Å²) in [6.07, 6.45) is 0.0270. The van der Waals surface area contributed by atoms with Gasteiger partial charge < -0.3 is 0 Å². The number of imide groups is 1. The second-order valence-electron chi connectivity index (χ2n) is 4.70. The van der Waals surface area contributed by atoms with Crippen molar-refractivity contribution in [2.45, 2.75) is 26.2 Å². The predicted molar refractivity (Wildman–Crippen MR) is 48.1 cm³/mol. The molecular formula is C10H13F2NO2. The summed E-state index contributed by atoms with van der Waals surface area (Å²) in [5.41, 5.74) is 0. The monoisotopic (exact) mass is 217 g/mol. The van der Waals surface area contributed by atoms with Gasteiger partial charge in [-0.1, -0.05) is 13.8 Å². The van der Waals surface area contributed by atoms with Crippen molar-refractivity contribution in [1.82, 2.24) is 4.90 Å². The molecule has 3 fully saturated rings. The van der Waals surface area contributed by atoms with Crippen molar-refractivity contribution in [3.8, 4) is 0 Å². The average molecular weight is 217 g/mol. The fraction of sp³-hybridized carbons (Fsp3) is 0.800. The molecule has 3 rings (SSSR count). The van der Waals surface area contributed by atoms with Gasteiger partial charge in [0.05, 0.1) is 0 Å². The van der Waals surface area contributed by atoms with Gasteiger partial charge in [-0.25, -0.2) is 8.78 Å². The lowest BCUT2D eigenvalue weighted by Gasteiger charge is -2.50. The number of amides is 2. The Morgan fingerprint density at radius 2 is 1.80 bits per heavy atom. The molecule has 2 heterocycles. The van der Waals surface area contributed by atoms with Crippen LogP contribution in [0.5, 0.6) is 0 Å². The molecule has 2 unspecified atom stereocenters. The molecule has 0 N–H and O–H groups in total. The van der Waals surface area contributed by atoms with Crippen LogP contribution in [0.2, 0.25) is 0 Å². The number of fused-ring (bicyclic) bond motifs is 2. The zero-order valence-corrected chi connectivity index (χ0v) is 8.67. The van der Waals surface area contributed by atoms with Crippen LogP contribution in [0, 0.1) is 17.8 Å². The van der Waals surface area contributed by atoms with Gasteiger partial charge in [0, 0.05) is 6.54 Å². The highest BCUT2D eigenvalue weighted by Crippen LogP contribution is 2.53. The Bertz CT molecular complexity index is 303. The van der Waals surface area contributed by atoms with Crippen LogP contribution < -0.4 is 0 Å². The third-order valence-electron chi connectivity index (χ3n) is 3.08. The number of rotatable bonds is 2. The Morgan fingerprint density at radius 3 is 2.13 bits per heavy atom. The van der Waals surface area contributed by atoms with E-state index in [1.54, 1.807) is 0 Å². The van der Waals surface area contributed by atoms with Crippen molar-refractivity contribution < 1.29 is 18.4 Å². The van der Waals surface area contributed by atoms with Crippen LogP contribution >= 0.6 is 0 Å². The summed E-state index contributed by atoms with van der Waals surface area (Å²) >= 11 is 0. The van der Waals surface area contributed by atoms with Crippen LogP contribution in [0.1, 0.15) is 20.3 Å². The summed E-state index contributed by atoms with van der Waals surface area (Å²) in [6.45, 7) is 3.94. The molecule has 2 saturated heterocycles. The molecule has 1 saturated carbocycles. The van der Waals surface area contributed by atoms with Crippen molar-refractivity contribution in [3.63, 3.8) is 0 Å². The van der Waals surface area contributed by atoms with Gasteiger partial charge in [-0.2, -0.15) is 0 Å². The van der Waals surface area contributed by atoms with Gasteiger partial charge >= 0.3 is 0 Å². The smallest absolute Gasteiger partial charge is 0.271 e. The minimum atomic E-state index is -3.10. The Morgan fingerprint density at radius 1 is 1.33 bits per heavy atom. The highest BCUT2D eigenvalue weighted by molar-refractivity contribution is 6.04. The van der Waals surface area contributed by atoms with Gasteiger partial charge in [0.15, 0.2) is 0 Å². The Hall–Kier alpha value is -1.00. The van der Waals surface area contributed by atoms with Crippen LogP contribution in [-0.2, 0) is 9.59 Å². The summed E-state index contributed by atoms with van der Waals surface area (Å²) in [5, 5.41) is 0. The van der Waals surface area contributed by atoms with Crippen molar-refractivity contribution in [3.05, 3.63) is 0 Å². The molecule has 0 aromatic carbocycles. The topological polar surface area (TPSA) is 37.4 Å².